The molecule has 2 aromatic heterocycles. The highest BCUT2D eigenvalue weighted by Crippen LogP contribution is 2.32. The Hall–Kier alpha value is -5.00. The number of hydrogen-bond acceptors (Lipinski definition) is 9. The summed E-state index contributed by atoms with van der Waals surface area (Å²) in [5.41, 5.74) is 0.493. The summed E-state index contributed by atoms with van der Waals surface area (Å²) in [4.78, 5) is 45.8. The number of fused-ring (bicyclic) bond motifs is 1. The maximum Gasteiger partial charge on any atom is 0.490 e. The van der Waals surface area contributed by atoms with Crippen LogP contribution in [0.2, 0.25) is 0 Å². The molecule has 1 aliphatic heterocycles. The van der Waals surface area contributed by atoms with Crippen molar-refractivity contribution >= 4 is 28.9 Å². The number of anilines is 1. The Bertz CT molecular complexity index is 1820. The number of hydrogen-bond donors (Lipinski definition) is 4. The van der Waals surface area contributed by atoms with Crippen LogP contribution in [0.5, 0.6) is 0 Å². The van der Waals surface area contributed by atoms with Crippen LogP contribution in [-0.4, -0.2) is 98.4 Å². The van der Waals surface area contributed by atoms with E-state index in [-0.39, 0.29) is 28.6 Å². The summed E-state index contributed by atoms with van der Waals surface area (Å²) in [7, 11) is 0. The maximum absolute atomic E-state index is 14.9. The largest absolute Gasteiger partial charge is 0.490 e. The number of aliphatic hydroxyl groups excluding tert-OH is 2. The third-order valence-corrected chi connectivity index (χ3v) is 6.97. The van der Waals surface area contributed by atoms with Gasteiger partial charge in [-0.3, -0.25) is 14.2 Å². The Labute approximate surface area is 262 Å². The summed E-state index contributed by atoms with van der Waals surface area (Å²) < 4.78 is 67.7. The molecule has 0 unspecified atom stereocenters. The van der Waals surface area contributed by atoms with Crippen LogP contribution in [0.1, 0.15) is 15.9 Å². The number of aliphatic hydroxyl groups is 2. The zero-order chi connectivity index (χ0) is 34.5. The standard InChI is InChI=1S/C28H27F2N5O5.C2HF3O2/c1-16-5-6-17(27(39)34-9-11-40-12-10-34)13-20(16)24-19-7-8-23(38)35(25-21(29)3-2-4-22(25)30)26(19)33-28(32-24)31-18(14-36)15-37;3-2(4,5)1(6)7/h2-8,13,18,36-37H,9-12,14-15H2,1H3,(H,31,32,33);(H,6,7). The van der Waals surface area contributed by atoms with E-state index in [4.69, 9.17) is 14.6 Å². The summed E-state index contributed by atoms with van der Waals surface area (Å²) in [6.45, 7) is 2.69. The number of carboxylic acids is 1. The van der Waals surface area contributed by atoms with E-state index in [0.717, 1.165) is 28.3 Å². The predicted molar refractivity (Wildman–Crippen MR) is 157 cm³/mol. The quantitative estimate of drug-likeness (QED) is 0.216. The van der Waals surface area contributed by atoms with Gasteiger partial charge in [0.05, 0.1) is 38.2 Å². The van der Waals surface area contributed by atoms with Gasteiger partial charge in [0.1, 0.15) is 17.3 Å². The number of halogens is 5. The third kappa shape index (κ3) is 7.87. The van der Waals surface area contributed by atoms with Gasteiger partial charge in [-0.2, -0.15) is 18.2 Å². The van der Waals surface area contributed by atoms with Crippen molar-refractivity contribution in [2.24, 2.45) is 0 Å². The van der Waals surface area contributed by atoms with E-state index in [1.54, 1.807) is 23.1 Å². The number of nitrogens with one attached hydrogen (secondary N) is 1. The molecule has 0 atom stereocenters. The summed E-state index contributed by atoms with van der Waals surface area (Å²) in [6, 6.07) is 10.2. The number of morpholine rings is 1. The van der Waals surface area contributed by atoms with Crippen LogP contribution < -0.4 is 10.9 Å². The molecule has 0 spiro atoms. The zero-order valence-electron chi connectivity index (χ0n) is 24.6. The summed E-state index contributed by atoms with van der Waals surface area (Å²) in [5.74, 6) is -4.99. The number of aryl methyl sites for hydroxylation is 1. The van der Waals surface area contributed by atoms with E-state index < -0.39 is 54.3 Å². The predicted octanol–water partition coefficient (Wildman–Crippen LogP) is 2.91. The average molecular weight is 666 g/mol. The van der Waals surface area contributed by atoms with Crippen molar-refractivity contribution in [1.29, 1.82) is 0 Å². The normalized spacial score (nSPS) is 13.3. The SMILES string of the molecule is Cc1ccc(C(=O)N2CCOCC2)cc1-c1nc(NC(CO)CO)nc2c1ccc(=O)n2-c1c(F)cccc1F.O=C(O)C(F)(F)F. The molecule has 4 aromatic rings. The second kappa shape index (κ2) is 14.6. The van der Waals surface area contributed by atoms with Crippen molar-refractivity contribution in [2.75, 3.05) is 44.8 Å². The van der Waals surface area contributed by atoms with Crippen LogP contribution in [0, 0.1) is 18.6 Å². The van der Waals surface area contributed by atoms with E-state index in [1.807, 2.05) is 6.92 Å². The fourth-order valence-electron chi connectivity index (χ4n) is 4.59. The van der Waals surface area contributed by atoms with Gasteiger partial charge in [-0.15, -0.1) is 0 Å². The van der Waals surface area contributed by atoms with Gasteiger partial charge in [0.25, 0.3) is 11.5 Å². The smallest absolute Gasteiger partial charge is 0.475 e. The molecule has 3 heterocycles. The van der Waals surface area contributed by atoms with Crippen LogP contribution >= 0.6 is 0 Å². The molecule has 0 saturated carbocycles. The van der Waals surface area contributed by atoms with Crippen molar-refractivity contribution in [3.8, 4) is 16.9 Å². The highest BCUT2D eigenvalue weighted by molar-refractivity contribution is 5.98. The van der Waals surface area contributed by atoms with Crippen LogP contribution in [0.25, 0.3) is 28.0 Å². The van der Waals surface area contributed by atoms with Gasteiger partial charge in [0, 0.05) is 35.7 Å². The van der Waals surface area contributed by atoms with Crippen molar-refractivity contribution in [2.45, 2.75) is 19.1 Å². The van der Waals surface area contributed by atoms with Crippen molar-refractivity contribution in [1.82, 2.24) is 19.4 Å². The van der Waals surface area contributed by atoms with Crippen LogP contribution in [0.15, 0.2) is 53.3 Å². The van der Waals surface area contributed by atoms with E-state index in [9.17, 15) is 41.8 Å². The first-order valence-corrected chi connectivity index (χ1v) is 13.9. The minimum Gasteiger partial charge on any atom is -0.475 e. The Morgan fingerprint density at radius 2 is 1.62 bits per heavy atom. The van der Waals surface area contributed by atoms with Crippen molar-refractivity contribution in [3.63, 3.8) is 0 Å². The second-order valence-electron chi connectivity index (χ2n) is 10.2. The highest BCUT2D eigenvalue weighted by Gasteiger charge is 2.38. The van der Waals surface area contributed by atoms with Crippen LogP contribution in [0.4, 0.5) is 27.9 Å². The lowest BCUT2D eigenvalue weighted by Gasteiger charge is -2.27. The molecule has 1 fully saturated rings. The number of rotatable bonds is 7. The molecule has 0 aliphatic carbocycles. The van der Waals surface area contributed by atoms with Gasteiger partial charge in [-0.1, -0.05) is 12.1 Å². The molecule has 1 saturated heterocycles. The van der Waals surface area contributed by atoms with Gasteiger partial charge in [0.15, 0.2) is 5.65 Å². The molecular weight excluding hydrogens is 637 g/mol. The first-order valence-electron chi connectivity index (χ1n) is 13.9. The molecule has 0 bridgehead atoms. The Balaban J connectivity index is 0.000000644. The van der Waals surface area contributed by atoms with E-state index in [1.165, 1.54) is 12.1 Å². The third-order valence-electron chi connectivity index (χ3n) is 6.97. The highest BCUT2D eigenvalue weighted by atomic mass is 19.4. The first kappa shape index (κ1) is 34.9. The first-order chi connectivity index (χ1) is 22.3. The lowest BCUT2D eigenvalue weighted by Crippen LogP contribution is -2.40. The molecule has 17 heteroatoms. The number of benzene rings is 2. The van der Waals surface area contributed by atoms with Gasteiger partial charge in [-0.25, -0.2) is 18.6 Å². The van der Waals surface area contributed by atoms with Crippen LogP contribution in [-0.2, 0) is 9.53 Å². The van der Waals surface area contributed by atoms with E-state index in [0.29, 0.717) is 37.4 Å². The zero-order valence-corrected chi connectivity index (χ0v) is 24.6. The minimum absolute atomic E-state index is 0.101. The fourth-order valence-corrected chi connectivity index (χ4v) is 4.59. The summed E-state index contributed by atoms with van der Waals surface area (Å²) in [6.07, 6.45) is -5.08. The molecule has 4 N–H and O–H groups in total. The molecule has 1 amide bonds. The lowest BCUT2D eigenvalue weighted by molar-refractivity contribution is -0.192. The number of ether oxygens (including phenoxy) is 1. The van der Waals surface area contributed by atoms with Gasteiger partial charge in [-0.05, 0) is 42.8 Å². The van der Waals surface area contributed by atoms with E-state index >= 15 is 0 Å². The van der Waals surface area contributed by atoms with Crippen molar-refractivity contribution in [3.05, 3.63) is 81.6 Å². The second-order valence-corrected chi connectivity index (χ2v) is 10.2. The monoisotopic (exact) mass is 665 g/mol. The molecule has 0 radical (unpaired) electrons. The van der Waals surface area contributed by atoms with Crippen molar-refractivity contribution < 1.29 is 51.6 Å². The van der Waals surface area contributed by atoms with Gasteiger partial charge in [0.2, 0.25) is 5.95 Å². The molecular formula is C30H28F5N5O7. The summed E-state index contributed by atoms with van der Waals surface area (Å²) in [5, 5.41) is 29.5. The minimum atomic E-state index is -5.08. The van der Waals surface area contributed by atoms with E-state index in [2.05, 4.69) is 15.3 Å². The lowest BCUT2D eigenvalue weighted by atomic mass is 9.99. The molecule has 1 aliphatic rings. The maximum atomic E-state index is 14.9. The molecule has 250 valence electrons. The number of pyridine rings is 1. The average Bonchev–Trinajstić information content (AvgIpc) is 3.04. The van der Waals surface area contributed by atoms with Crippen LogP contribution in [0.3, 0.4) is 0 Å². The van der Waals surface area contributed by atoms with Gasteiger partial charge >= 0.3 is 12.1 Å². The Morgan fingerprint density at radius 3 is 2.19 bits per heavy atom. The molecule has 47 heavy (non-hydrogen) atoms. The number of aromatic nitrogens is 3. The molecule has 5 rings (SSSR count). The number of carbonyl (C=O) groups is 2. The number of carboxylic acid groups (broad SMARTS) is 1. The number of nitrogens with zero attached hydrogens (tertiary/aromatic N) is 4. The number of amides is 1. The Kier molecular flexibility index (Phi) is 10.8. The molecule has 2 aromatic carbocycles. The number of alkyl halides is 3. The topological polar surface area (TPSA) is 167 Å². The number of carbonyl (C=O) groups excluding carboxylic acids is 1. The fraction of sp³-hybridized carbons (Fsp3) is 0.300. The summed E-state index contributed by atoms with van der Waals surface area (Å²) >= 11 is 0. The Morgan fingerprint density at radius 1 is 1.00 bits per heavy atom. The number of para-hydroxylation sites is 1. The van der Waals surface area contributed by atoms with Gasteiger partial charge < -0.3 is 30.3 Å². The molecule has 12 nitrogen and oxygen atoms in total. The number of aliphatic carboxylic acids is 1.